The van der Waals surface area contributed by atoms with Crippen LogP contribution in [0.4, 0.5) is 0 Å². The minimum Gasteiger partial charge on any atom is -0.497 e. The molecule has 0 bridgehead atoms. The molecule has 0 aromatic heterocycles. The average Bonchev–Trinajstić information content (AvgIpc) is 2.55. The van der Waals surface area contributed by atoms with Crippen LogP contribution in [-0.4, -0.2) is 19.2 Å². The number of hydrogen-bond donors (Lipinski definition) is 0. The van der Waals surface area contributed by atoms with Crippen LogP contribution in [0.3, 0.4) is 0 Å². The topological polar surface area (TPSA) is 35.5 Å². The fourth-order valence-electron chi connectivity index (χ4n) is 3.09. The maximum absolute atomic E-state index is 12.1. The maximum Gasteiger partial charge on any atom is 0.310 e. The zero-order chi connectivity index (χ0) is 15.4. The van der Waals surface area contributed by atoms with Crippen molar-refractivity contribution in [2.75, 3.05) is 7.11 Å². The van der Waals surface area contributed by atoms with Gasteiger partial charge in [0.05, 0.1) is 13.5 Å². The number of fused-ring (bicyclic) bond motifs is 1. The summed E-state index contributed by atoms with van der Waals surface area (Å²) in [5, 5.41) is 2.23. The smallest absolute Gasteiger partial charge is 0.310 e. The lowest BCUT2D eigenvalue weighted by Gasteiger charge is -2.21. The van der Waals surface area contributed by atoms with Crippen molar-refractivity contribution in [3.8, 4) is 5.75 Å². The molecule has 0 amide bonds. The highest BCUT2D eigenvalue weighted by atomic mass is 16.5. The molecule has 1 aliphatic rings. The molecule has 3 heteroatoms. The quantitative estimate of drug-likeness (QED) is 0.791. The molecule has 0 N–H and O–H groups in total. The summed E-state index contributed by atoms with van der Waals surface area (Å²) in [6.45, 7) is 0. The molecule has 0 heterocycles. The van der Waals surface area contributed by atoms with Gasteiger partial charge in [-0.05, 0) is 54.2 Å². The minimum absolute atomic E-state index is 0.111. The Bertz CT molecular complexity index is 657. The van der Waals surface area contributed by atoms with Gasteiger partial charge in [0, 0.05) is 0 Å². The Morgan fingerprint density at radius 2 is 1.77 bits per heavy atom. The van der Waals surface area contributed by atoms with Crippen molar-refractivity contribution in [2.45, 2.75) is 44.6 Å². The Labute approximate surface area is 131 Å². The Balaban J connectivity index is 1.66. The molecule has 0 unspecified atom stereocenters. The van der Waals surface area contributed by atoms with Crippen LogP contribution in [0.2, 0.25) is 0 Å². The summed E-state index contributed by atoms with van der Waals surface area (Å²) < 4.78 is 10.8. The van der Waals surface area contributed by atoms with Crippen LogP contribution in [0.5, 0.6) is 5.75 Å². The predicted molar refractivity (Wildman–Crippen MR) is 87.2 cm³/mol. The van der Waals surface area contributed by atoms with Gasteiger partial charge in [0.1, 0.15) is 11.9 Å². The van der Waals surface area contributed by atoms with E-state index in [1.54, 1.807) is 7.11 Å². The third-order valence-corrected chi connectivity index (χ3v) is 4.31. The molecule has 22 heavy (non-hydrogen) atoms. The first-order valence-electron chi connectivity index (χ1n) is 8.01. The number of hydrogen-bond acceptors (Lipinski definition) is 3. The molecule has 0 radical (unpaired) electrons. The first kappa shape index (κ1) is 14.9. The van der Waals surface area contributed by atoms with E-state index in [4.69, 9.17) is 9.47 Å². The second kappa shape index (κ2) is 6.82. The van der Waals surface area contributed by atoms with Crippen LogP contribution in [0, 0.1) is 0 Å². The molecular formula is C19H22O3. The molecule has 2 aromatic carbocycles. The largest absolute Gasteiger partial charge is 0.497 e. The standard InChI is InChI=1S/C19H22O3/c1-21-18-10-9-15-11-14(7-8-16(15)13-18)12-19(20)22-17-5-3-2-4-6-17/h7-11,13,17H,2-6,12H2,1H3. The highest BCUT2D eigenvalue weighted by Gasteiger charge is 2.17. The van der Waals surface area contributed by atoms with E-state index in [2.05, 4.69) is 6.07 Å². The molecule has 116 valence electrons. The molecule has 3 rings (SSSR count). The van der Waals surface area contributed by atoms with E-state index in [9.17, 15) is 4.79 Å². The van der Waals surface area contributed by atoms with E-state index in [0.29, 0.717) is 6.42 Å². The first-order valence-corrected chi connectivity index (χ1v) is 8.01. The van der Waals surface area contributed by atoms with Crippen molar-refractivity contribution < 1.29 is 14.3 Å². The van der Waals surface area contributed by atoms with Crippen molar-refractivity contribution in [1.29, 1.82) is 0 Å². The predicted octanol–water partition coefficient (Wildman–Crippen LogP) is 4.27. The normalized spacial score (nSPS) is 15.7. The van der Waals surface area contributed by atoms with Crippen LogP contribution in [-0.2, 0) is 16.0 Å². The lowest BCUT2D eigenvalue weighted by Crippen LogP contribution is -2.21. The molecule has 3 nitrogen and oxygen atoms in total. The molecule has 0 spiro atoms. The summed E-state index contributed by atoms with van der Waals surface area (Å²) in [4.78, 5) is 12.1. The summed E-state index contributed by atoms with van der Waals surface area (Å²) in [6.07, 6.45) is 6.13. The van der Waals surface area contributed by atoms with Crippen LogP contribution >= 0.6 is 0 Å². The van der Waals surface area contributed by atoms with Gasteiger partial charge < -0.3 is 9.47 Å². The average molecular weight is 298 g/mol. The third kappa shape index (κ3) is 3.59. The number of carbonyl (C=O) groups is 1. The molecule has 1 aliphatic carbocycles. The lowest BCUT2D eigenvalue weighted by atomic mass is 9.98. The molecule has 0 saturated heterocycles. The van der Waals surface area contributed by atoms with E-state index >= 15 is 0 Å². The highest BCUT2D eigenvalue weighted by molar-refractivity contribution is 5.85. The fourth-order valence-corrected chi connectivity index (χ4v) is 3.09. The summed E-state index contributed by atoms with van der Waals surface area (Å²) in [6, 6.07) is 12.0. The highest BCUT2D eigenvalue weighted by Crippen LogP contribution is 2.23. The Hall–Kier alpha value is -2.03. The summed E-state index contributed by atoms with van der Waals surface area (Å²) in [5.41, 5.74) is 0.999. The van der Waals surface area contributed by atoms with Gasteiger partial charge in [-0.2, -0.15) is 0 Å². The Morgan fingerprint density at radius 1 is 1.05 bits per heavy atom. The van der Waals surface area contributed by atoms with Crippen LogP contribution in [0.1, 0.15) is 37.7 Å². The number of ether oxygens (including phenoxy) is 2. The van der Waals surface area contributed by atoms with Crippen LogP contribution < -0.4 is 4.74 Å². The van der Waals surface area contributed by atoms with Crippen LogP contribution in [0.15, 0.2) is 36.4 Å². The maximum atomic E-state index is 12.1. The number of methoxy groups -OCH3 is 1. The van der Waals surface area contributed by atoms with Gasteiger partial charge in [-0.15, -0.1) is 0 Å². The van der Waals surface area contributed by atoms with Gasteiger partial charge in [-0.3, -0.25) is 4.79 Å². The minimum atomic E-state index is -0.111. The molecule has 1 saturated carbocycles. The zero-order valence-corrected chi connectivity index (χ0v) is 13.0. The molecule has 0 atom stereocenters. The van der Waals surface area contributed by atoms with E-state index in [1.807, 2.05) is 30.3 Å². The molecule has 0 aliphatic heterocycles. The SMILES string of the molecule is COc1ccc2cc(CC(=O)OC3CCCCC3)ccc2c1. The monoisotopic (exact) mass is 298 g/mol. The van der Waals surface area contributed by atoms with Crippen LogP contribution in [0.25, 0.3) is 10.8 Å². The first-order chi connectivity index (χ1) is 10.7. The number of benzene rings is 2. The lowest BCUT2D eigenvalue weighted by molar-refractivity contribution is -0.149. The molecular weight excluding hydrogens is 276 g/mol. The van der Waals surface area contributed by atoms with Gasteiger partial charge in [-0.1, -0.05) is 30.7 Å². The summed E-state index contributed by atoms with van der Waals surface area (Å²) in [5.74, 6) is 0.733. The fraction of sp³-hybridized carbons (Fsp3) is 0.421. The van der Waals surface area contributed by atoms with Gasteiger partial charge >= 0.3 is 5.97 Å². The van der Waals surface area contributed by atoms with E-state index in [1.165, 1.54) is 19.3 Å². The van der Waals surface area contributed by atoms with Gasteiger partial charge in [0.15, 0.2) is 0 Å². The Kier molecular flexibility index (Phi) is 4.62. The second-order valence-corrected chi connectivity index (χ2v) is 5.97. The van der Waals surface area contributed by atoms with Crippen molar-refractivity contribution in [3.63, 3.8) is 0 Å². The Morgan fingerprint density at radius 3 is 2.55 bits per heavy atom. The van der Waals surface area contributed by atoms with Crippen molar-refractivity contribution >= 4 is 16.7 Å². The van der Waals surface area contributed by atoms with E-state index in [-0.39, 0.29) is 12.1 Å². The van der Waals surface area contributed by atoms with Crippen molar-refractivity contribution in [3.05, 3.63) is 42.0 Å². The van der Waals surface area contributed by atoms with Gasteiger partial charge in [-0.25, -0.2) is 0 Å². The van der Waals surface area contributed by atoms with E-state index in [0.717, 1.165) is 34.9 Å². The van der Waals surface area contributed by atoms with Crippen molar-refractivity contribution in [1.82, 2.24) is 0 Å². The van der Waals surface area contributed by atoms with Gasteiger partial charge in [0.25, 0.3) is 0 Å². The van der Waals surface area contributed by atoms with Gasteiger partial charge in [0.2, 0.25) is 0 Å². The summed E-state index contributed by atoms with van der Waals surface area (Å²) in [7, 11) is 1.66. The molecule has 2 aromatic rings. The number of esters is 1. The second-order valence-electron chi connectivity index (χ2n) is 5.97. The summed E-state index contributed by atoms with van der Waals surface area (Å²) >= 11 is 0. The van der Waals surface area contributed by atoms with E-state index < -0.39 is 0 Å². The third-order valence-electron chi connectivity index (χ3n) is 4.31. The number of rotatable bonds is 4. The molecule has 1 fully saturated rings. The zero-order valence-electron chi connectivity index (χ0n) is 13.0. The van der Waals surface area contributed by atoms with Crippen molar-refractivity contribution in [2.24, 2.45) is 0 Å². The number of carbonyl (C=O) groups excluding carboxylic acids is 1.